The molecule has 0 radical (unpaired) electrons. The molecule has 296 valence electrons. The third kappa shape index (κ3) is 11.0. The van der Waals surface area contributed by atoms with Crippen molar-refractivity contribution in [3.8, 4) is 18.2 Å². The molecule has 2 N–H and O–H groups in total. The van der Waals surface area contributed by atoms with Gasteiger partial charge in [0.15, 0.2) is 0 Å². The van der Waals surface area contributed by atoms with Crippen molar-refractivity contribution in [1.29, 1.82) is 15.8 Å². The van der Waals surface area contributed by atoms with Crippen LogP contribution in [0, 0.1) is 34.0 Å². The SMILES string of the molecule is CCN(CC)c1ccc(N=Nc2ccc(/C=C/c3c(C#N)c(/C=C/c4ccc(N(C)CCO)cc4)c(C#N)c(/C=C/c4ccc(N(C)CCO)cc4)c3C#N)cc2)cc1. The summed E-state index contributed by atoms with van der Waals surface area (Å²) >= 11 is 0. The van der Waals surface area contributed by atoms with Crippen LogP contribution in [0.5, 0.6) is 0 Å². The summed E-state index contributed by atoms with van der Waals surface area (Å²) in [6.07, 6.45) is 10.8. The molecule has 0 unspecified atom stereocenters. The van der Waals surface area contributed by atoms with Crippen LogP contribution >= 0.6 is 0 Å². The molecular formula is C49H48N8O2. The minimum absolute atomic E-state index is 0.0377. The Morgan fingerprint density at radius 2 is 0.780 bits per heavy atom. The van der Waals surface area contributed by atoms with Crippen LogP contribution in [-0.2, 0) is 0 Å². The number of aliphatic hydroxyl groups is 2. The van der Waals surface area contributed by atoms with Gasteiger partial charge in [-0.25, -0.2) is 0 Å². The summed E-state index contributed by atoms with van der Waals surface area (Å²) in [6.45, 7) is 7.18. The van der Waals surface area contributed by atoms with Crippen molar-refractivity contribution in [2.24, 2.45) is 10.2 Å². The maximum Gasteiger partial charge on any atom is 0.100 e. The molecule has 5 rings (SSSR count). The molecule has 5 aromatic rings. The number of nitrogens with zero attached hydrogens (tertiary/aromatic N) is 8. The Morgan fingerprint density at radius 3 is 1.08 bits per heavy atom. The van der Waals surface area contributed by atoms with Crippen molar-refractivity contribution in [2.45, 2.75) is 13.8 Å². The lowest BCUT2D eigenvalue weighted by Crippen LogP contribution is -2.21. The number of azo groups is 1. The highest BCUT2D eigenvalue weighted by Crippen LogP contribution is 2.33. The zero-order valence-electron chi connectivity index (χ0n) is 33.9. The second-order valence-corrected chi connectivity index (χ2v) is 13.7. The average Bonchev–Trinajstić information content (AvgIpc) is 3.27. The summed E-state index contributed by atoms with van der Waals surface area (Å²) in [4.78, 5) is 6.15. The first kappa shape index (κ1) is 42.8. The number of aliphatic hydroxyl groups excluding tert-OH is 2. The van der Waals surface area contributed by atoms with Gasteiger partial charge in [0.1, 0.15) is 18.2 Å². The quantitative estimate of drug-likeness (QED) is 0.0701. The van der Waals surface area contributed by atoms with Gasteiger partial charge in [0, 0.05) is 74.0 Å². The second kappa shape index (κ2) is 21.3. The molecule has 0 saturated heterocycles. The van der Waals surface area contributed by atoms with Gasteiger partial charge in [0.25, 0.3) is 0 Å². The number of likely N-dealkylation sites (N-methyl/N-ethyl adjacent to an activating group) is 2. The van der Waals surface area contributed by atoms with Crippen LogP contribution in [0.25, 0.3) is 36.5 Å². The first-order chi connectivity index (χ1) is 28.8. The fourth-order valence-electron chi connectivity index (χ4n) is 6.53. The van der Waals surface area contributed by atoms with Crippen LogP contribution in [0.4, 0.5) is 28.4 Å². The molecule has 5 aromatic carbocycles. The maximum absolute atomic E-state index is 10.6. The standard InChI is InChI=1S/C49H48N8O2/c1-5-57(6-2)43-24-18-40(19-25-43)54-53-39-16-7-36(8-17-39)13-26-44-47(33-50)45(27-14-37-9-20-41(21-10-37)55(3)29-31-58)49(35-52)46(48(44)34-51)28-15-38-11-22-42(23-12-38)56(4)30-32-59/h7-28,58-59H,5-6,29-32H2,1-4H3/b26-13+,27-14+,28-15+,54-53?. The van der Waals surface area contributed by atoms with E-state index in [2.05, 4.69) is 47.2 Å². The summed E-state index contributed by atoms with van der Waals surface area (Å²) in [5, 5.41) is 59.3. The van der Waals surface area contributed by atoms with Crippen LogP contribution in [0.1, 0.15) is 63.9 Å². The minimum Gasteiger partial charge on any atom is -0.395 e. The minimum atomic E-state index is 0.0377. The number of hydrogen-bond donors (Lipinski definition) is 2. The van der Waals surface area contributed by atoms with Gasteiger partial charge >= 0.3 is 0 Å². The Hall–Kier alpha value is -7.29. The van der Waals surface area contributed by atoms with Crippen LogP contribution in [0.3, 0.4) is 0 Å². The van der Waals surface area contributed by atoms with Gasteiger partial charge in [0.05, 0.1) is 41.3 Å². The molecule has 10 heteroatoms. The molecule has 0 spiro atoms. The number of hydrogen-bond acceptors (Lipinski definition) is 10. The second-order valence-electron chi connectivity index (χ2n) is 13.7. The lowest BCUT2D eigenvalue weighted by atomic mass is 9.86. The highest BCUT2D eigenvalue weighted by atomic mass is 16.3. The van der Waals surface area contributed by atoms with E-state index in [0.717, 1.165) is 52.5 Å². The Labute approximate surface area is 347 Å². The molecule has 0 aliphatic carbocycles. The van der Waals surface area contributed by atoms with Crippen molar-refractivity contribution in [2.75, 3.05) is 68.2 Å². The Morgan fingerprint density at radius 1 is 0.475 bits per heavy atom. The molecule has 0 atom stereocenters. The van der Waals surface area contributed by atoms with Gasteiger partial charge in [-0.05, 0) is 91.2 Å². The predicted molar refractivity (Wildman–Crippen MR) is 242 cm³/mol. The molecule has 0 aliphatic rings. The van der Waals surface area contributed by atoms with E-state index in [-0.39, 0.29) is 29.9 Å². The highest BCUT2D eigenvalue weighted by Gasteiger charge is 2.21. The van der Waals surface area contributed by atoms with Gasteiger partial charge in [-0.3, -0.25) is 0 Å². The first-order valence-corrected chi connectivity index (χ1v) is 19.5. The molecule has 0 aliphatic heterocycles. The Balaban J connectivity index is 1.53. The first-order valence-electron chi connectivity index (χ1n) is 19.5. The number of anilines is 3. The summed E-state index contributed by atoms with van der Waals surface area (Å²) in [6, 6.07) is 37.8. The normalized spacial score (nSPS) is 11.3. The maximum atomic E-state index is 10.6. The van der Waals surface area contributed by atoms with E-state index in [1.54, 1.807) is 18.2 Å². The Kier molecular flexibility index (Phi) is 15.5. The summed E-state index contributed by atoms with van der Waals surface area (Å²) in [5.74, 6) is 0. The molecule has 0 saturated carbocycles. The largest absolute Gasteiger partial charge is 0.395 e. The van der Waals surface area contributed by atoms with Gasteiger partial charge in [-0.1, -0.05) is 72.9 Å². The summed E-state index contributed by atoms with van der Waals surface area (Å²) < 4.78 is 0. The zero-order chi connectivity index (χ0) is 42.1. The zero-order valence-corrected chi connectivity index (χ0v) is 33.9. The van der Waals surface area contributed by atoms with Crippen molar-refractivity contribution in [3.63, 3.8) is 0 Å². The molecule has 59 heavy (non-hydrogen) atoms. The Bertz CT molecular complexity index is 2320. The van der Waals surface area contributed by atoms with Crippen molar-refractivity contribution in [1.82, 2.24) is 0 Å². The average molecular weight is 781 g/mol. The molecule has 10 nitrogen and oxygen atoms in total. The van der Waals surface area contributed by atoms with Crippen molar-refractivity contribution >= 4 is 64.9 Å². The fraction of sp³-hybridized carbons (Fsp3) is 0.204. The molecule has 0 heterocycles. The van der Waals surface area contributed by atoms with Crippen molar-refractivity contribution < 1.29 is 10.2 Å². The number of benzene rings is 5. The monoisotopic (exact) mass is 780 g/mol. The van der Waals surface area contributed by atoms with Gasteiger partial charge in [0.2, 0.25) is 0 Å². The van der Waals surface area contributed by atoms with Gasteiger partial charge in [-0.15, -0.1) is 0 Å². The van der Waals surface area contributed by atoms with E-state index in [9.17, 15) is 26.0 Å². The topological polar surface area (TPSA) is 146 Å². The van der Waals surface area contributed by atoms with E-state index in [0.29, 0.717) is 35.5 Å². The smallest absolute Gasteiger partial charge is 0.100 e. The molecule has 0 amide bonds. The molecule has 0 bridgehead atoms. The summed E-state index contributed by atoms with van der Waals surface area (Å²) in [7, 11) is 3.80. The van der Waals surface area contributed by atoms with E-state index in [4.69, 9.17) is 0 Å². The van der Waals surface area contributed by atoms with Crippen molar-refractivity contribution in [3.05, 3.63) is 147 Å². The molecule has 0 aromatic heterocycles. The molecule has 0 fully saturated rings. The third-order valence-electron chi connectivity index (χ3n) is 9.97. The van der Waals surface area contributed by atoms with Gasteiger partial charge < -0.3 is 24.9 Å². The highest BCUT2D eigenvalue weighted by molar-refractivity contribution is 5.90. The molecular weight excluding hydrogens is 733 g/mol. The van der Waals surface area contributed by atoms with Crippen LogP contribution in [0.2, 0.25) is 0 Å². The van der Waals surface area contributed by atoms with E-state index < -0.39 is 0 Å². The summed E-state index contributed by atoms with van der Waals surface area (Å²) in [5.41, 5.74) is 8.76. The van der Waals surface area contributed by atoms with Crippen LogP contribution < -0.4 is 14.7 Å². The van der Waals surface area contributed by atoms with E-state index in [1.807, 2.05) is 139 Å². The van der Waals surface area contributed by atoms with Gasteiger partial charge in [-0.2, -0.15) is 26.0 Å². The number of rotatable bonds is 17. The van der Waals surface area contributed by atoms with Crippen LogP contribution in [0.15, 0.2) is 107 Å². The third-order valence-corrected chi connectivity index (χ3v) is 9.97. The van der Waals surface area contributed by atoms with E-state index in [1.165, 1.54) is 0 Å². The fourth-order valence-corrected chi connectivity index (χ4v) is 6.53. The van der Waals surface area contributed by atoms with Crippen LogP contribution in [-0.4, -0.2) is 63.7 Å². The predicted octanol–water partition coefficient (Wildman–Crippen LogP) is 9.93. The lowest BCUT2D eigenvalue weighted by Gasteiger charge is -2.20. The van der Waals surface area contributed by atoms with E-state index >= 15 is 0 Å². The lowest BCUT2D eigenvalue weighted by molar-refractivity contribution is 0.304. The number of nitriles is 3.